The normalized spacial score (nSPS) is 16.0. The SMILES string of the molecule is C1=CC[C@H](c2cc(-c3ccccc3)cc(-c3nc(-c4cc(C5=CCCC=C5)c(-n5c6ccccc6c6c7oc8c(ccc9c8c8ccccc8n9-c8ccccc8)c7ccc65)c(-c5ccccc5)c4)nc([C@@H]4C=CC=CC4)n3)c2)C=C1. The van der Waals surface area contributed by atoms with Crippen LogP contribution >= 0.6 is 0 Å². The molecule has 0 aliphatic heterocycles. The zero-order chi connectivity index (χ0) is 53.4. The van der Waals surface area contributed by atoms with Gasteiger partial charge in [0, 0.05) is 61.3 Å². The summed E-state index contributed by atoms with van der Waals surface area (Å²) in [4.78, 5) is 16.5. The van der Waals surface area contributed by atoms with Crippen LogP contribution in [0.3, 0.4) is 0 Å². The Hall–Kier alpha value is -10.2. The van der Waals surface area contributed by atoms with E-state index >= 15 is 0 Å². The van der Waals surface area contributed by atoms with Crippen molar-refractivity contribution in [3.05, 3.63) is 278 Å². The predicted octanol–water partition coefficient (Wildman–Crippen LogP) is 19.6. The lowest BCUT2D eigenvalue weighted by atomic mass is 9.88. The number of benzene rings is 9. The third-order valence-electron chi connectivity index (χ3n) is 16.8. The molecule has 0 amide bonds. The molecule has 0 fully saturated rings. The Morgan fingerprint density at radius 2 is 0.975 bits per heavy atom. The molecule has 0 unspecified atom stereocenters. The summed E-state index contributed by atoms with van der Waals surface area (Å²) in [7, 11) is 0. The minimum atomic E-state index is -0.0127. The number of hydrogen-bond donors (Lipinski definition) is 0. The van der Waals surface area contributed by atoms with Crippen molar-refractivity contribution in [1.29, 1.82) is 0 Å². The fourth-order valence-corrected chi connectivity index (χ4v) is 13.0. The van der Waals surface area contributed by atoms with Gasteiger partial charge in [-0.3, -0.25) is 0 Å². The number of furan rings is 1. The van der Waals surface area contributed by atoms with E-state index in [9.17, 15) is 0 Å². The molecule has 0 spiro atoms. The van der Waals surface area contributed by atoms with Crippen molar-refractivity contribution >= 4 is 71.1 Å². The number of aromatic nitrogens is 5. The highest BCUT2D eigenvalue weighted by atomic mass is 16.3. The molecule has 4 aromatic heterocycles. The molecule has 13 aromatic rings. The number of rotatable bonds is 9. The topological polar surface area (TPSA) is 61.7 Å². The van der Waals surface area contributed by atoms with Gasteiger partial charge in [0.15, 0.2) is 11.6 Å². The van der Waals surface area contributed by atoms with Crippen LogP contribution in [-0.4, -0.2) is 24.1 Å². The molecule has 6 heteroatoms. The molecule has 0 bridgehead atoms. The average molecular weight is 1040 g/mol. The highest BCUT2D eigenvalue weighted by Gasteiger charge is 2.28. The molecule has 16 rings (SSSR count). The number of fused-ring (bicyclic) bond motifs is 11. The summed E-state index contributed by atoms with van der Waals surface area (Å²) in [6.07, 6.45) is 28.2. The third-order valence-corrected chi connectivity index (χ3v) is 16.8. The molecule has 9 aromatic carbocycles. The van der Waals surface area contributed by atoms with Gasteiger partial charge in [-0.2, -0.15) is 0 Å². The molecule has 0 saturated heterocycles. The van der Waals surface area contributed by atoms with E-state index in [0.29, 0.717) is 11.6 Å². The van der Waals surface area contributed by atoms with Gasteiger partial charge in [0.1, 0.15) is 17.0 Å². The second-order valence-electron chi connectivity index (χ2n) is 21.6. The van der Waals surface area contributed by atoms with E-state index < -0.39 is 0 Å². The Balaban J connectivity index is 0.955. The standard InChI is InChI=1S/C75H53N5O/c1-7-23-48(24-8-1)53-43-54(49-25-9-2-10-26-49)45-55(44-53)74-76-73(52-31-15-5-16-32-52)77-75(78-74)56-46-62(50-27-11-3-12-28-50)70(63(47-56)51-29-13-4-14-30-51)80-65-38-22-20-36-61(65)69-67(80)42-40-59-58-39-41-66-68(71(58)81-72(59)69)60-35-19-21-37-64(60)79(66)57-33-17-6-18-34-57/h1-3,5-13,15-25,27-31,33-47,49,52H,4,14,26,32H2/t49-,52-/m1/s1. The van der Waals surface area contributed by atoms with Crippen molar-refractivity contribution in [3.8, 4) is 56.4 Å². The number of nitrogens with zero attached hydrogens (tertiary/aromatic N) is 5. The minimum Gasteiger partial charge on any atom is -0.455 e. The Bertz CT molecular complexity index is 4870. The smallest absolute Gasteiger partial charge is 0.163 e. The molecular formula is C75H53N5O. The fraction of sp³-hybridized carbons (Fsp3) is 0.0800. The second kappa shape index (κ2) is 19.3. The van der Waals surface area contributed by atoms with E-state index in [1.807, 2.05) is 0 Å². The monoisotopic (exact) mass is 1040 g/mol. The predicted molar refractivity (Wildman–Crippen MR) is 335 cm³/mol. The highest BCUT2D eigenvalue weighted by molar-refractivity contribution is 6.29. The van der Waals surface area contributed by atoms with Crippen molar-refractivity contribution < 1.29 is 4.42 Å². The van der Waals surface area contributed by atoms with Crippen molar-refractivity contribution in [2.45, 2.75) is 37.5 Å². The lowest BCUT2D eigenvalue weighted by molar-refractivity contribution is 0.677. The molecule has 81 heavy (non-hydrogen) atoms. The van der Waals surface area contributed by atoms with Crippen LogP contribution < -0.4 is 0 Å². The maximum Gasteiger partial charge on any atom is 0.163 e. The number of allylic oxidation sites excluding steroid dienone is 12. The van der Waals surface area contributed by atoms with Gasteiger partial charge in [-0.15, -0.1) is 0 Å². The molecule has 6 nitrogen and oxygen atoms in total. The first kappa shape index (κ1) is 46.9. The summed E-state index contributed by atoms with van der Waals surface area (Å²) in [6.45, 7) is 0. The van der Waals surface area contributed by atoms with Crippen molar-refractivity contribution in [2.75, 3.05) is 0 Å². The number of para-hydroxylation sites is 3. The lowest BCUT2D eigenvalue weighted by Gasteiger charge is -2.22. The van der Waals surface area contributed by atoms with Crippen LogP contribution in [0.4, 0.5) is 0 Å². The Kier molecular flexibility index (Phi) is 11.2. The molecule has 0 saturated carbocycles. The van der Waals surface area contributed by atoms with Crippen LogP contribution in [0.2, 0.25) is 0 Å². The van der Waals surface area contributed by atoms with Gasteiger partial charge in [-0.05, 0) is 126 Å². The molecule has 3 aliphatic rings. The molecule has 2 atom stereocenters. The van der Waals surface area contributed by atoms with Gasteiger partial charge in [-0.1, -0.05) is 188 Å². The summed E-state index contributed by atoms with van der Waals surface area (Å²) >= 11 is 0. The van der Waals surface area contributed by atoms with E-state index in [0.717, 1.165) is 153 Å². The van der Waals surface area contributed by atoms with Crippen LogP contribution in [0.5, 0.6) is 0 Å². The lowest BCUT2D eigenvalue weighted by Crippen LogP contribution is -2.09. The molecule has 384 valence electrons. The van der Waals surface area contributed by atoms with Crippen LogP contribution in [0.15, 0.2) is 265 Å². The van der Waals surface area contributed by atoms with E-state index in [-0.39, 0.29) is 11.8 Å². The molecular weight excluding hydrogens is 987 g/mol. The first-order chi connectivity index (χ1) is 40.2. The van der Waals surface area contributed by atoms with Crippen molar-refractivity contribution in [2.24, 2.45) is 0 Å². The van der Waals surface area contributed by atoms with Gasteiger partial charge in [0.05, 0.1) is 38.5 Å². The molecule has 0 radical (unpaired) electrons. The summed E-state index contributed by atoms with van der Waals surface area (Å²) in [6, 6.07) is 70.4. The molecule has 3 aliphatic carbocycles. The maximum absolute atomic E-state index is 7.43. The summed E-state index contributed by atoms with van der Waals surface area (Å²) < 4.78 is 12.3. The van der Waals surface area contributed by atoms with Crippen molar-refractivity contribution in [1.82, 2.24) is 24.1 Å². The van der Waals surface area contributed by atoms with E-state index in [1.54, 1.807) is 0 Å². The van der Waals surface area contributed by atoms with Crippen LogP contribution in [0.25, 0.3) is 128 Å². The van der Waals surface area contributed by atoms with Crippen LogP contribution in [-0.2, 0) is 0 Å². The number of hydrogen-bond acceptors (Lipinski definition) is 4. The summed E-state index contributed by atoms with van der Waals surface area (Å²) in [5, 5.41) is 6.68. The first-order valence-corrected chi connectivity index (χ1v) is 28.3. The minimum absolute atomic E-state index is 0.0127. The van der Waals surface area contributed by atoms with Gasteiger partial charge in [0.2, 0.25) is 0 Å². The van der Waals surface area contributed by atoms with E-state index in [1.165, 1.54) is 5.56 Å². The average Bonchev–Trinajstić information content (AvgIpc) is 3.40. The first-order valence-electron chi connectivity index (χ1n) is 28.3. The maximum atomic E-state index is 7.43. The second-order valence-corrected chi connectivity index (χ2v) is 21.6. The van der Waals surface area contributed by atoms with Gasteiger partial charge < -0.3 is 13.6 Å². The van der Waals surface area contributed by atoms with Gasteiger partial charge in [0.25, 0.3) is 0 Å². The highest BCUT2D eigenvalue weighted by Crippen LogP contribution is 2.48. The fourth-order valence-electron chi connectivity index (χ4n) is 13.0. The zero-order valence-corrected chi connectivity index (χ0v) is 44.5. The van der Waals surface area contributed by atoms with Crippen LogP contribution in [0, 0.1) is 0 Å². The van der Waals surface area contributed by atoms with E-state index in [4.69, 9.17) is 19.4 Å². The molecule has 0 N–H and O–H groups in total. The largest absolute Gasteiger partial charge is 0.455 e. The van der Waals surface area contributed by atoms with Gasteiger partial charge >= 0.3 is 0 Å². The zero-order valence-electron chi connectivity index (χ0n) is 44.5. The molecule has 4 heterocycles. The quantitative estimate of drug-likeness (QED) is 0.145. The Morgan fingerprint density at radius 3 is 1.62 bits per heavy atom. The summed E-state index contributed by atoms with van der Waals surface area (Å²) in [5.74, 6) is 2.28. The van der Waals surface area contributed by atoms with Crippen LogP contribution in [0.1, 0.15) is 54.5 Å². The van der Waals surface area contributed by atoms with E-state index in [2.05, 4.69) is 270 Å². The van der Waals surface area contributed by atoms with Gasteiger partial charge in [-0.25, -0.2) is 15.0 Å². The Morgan fingerprint density at radius 1 is 0.407 bits per heavy atom. The third kappa shape index (κ3) is 7.89. The Labute approximate surface area is 469 Å². The van der Waals surface area contributed by atoms with Crippen molar-refractivity contribution in [3.63, 3.8) is 0 Å². The summed E-state index contributed by atoms with van der Waals surface area (Å²) in [5.41, 5.74) is 18.2.